The Bertz CT molecular complexity index is 350. The summed E-state index contributed by atoms with van der Waals surface area (Å²) in [6.45, 7) is 4.06. The molecule has 1 aromatic rings. The molecule has 0 amide bonds. The molecular formula is C12H15O2P. The van der Waals surface area contributed by atoms with Gasteiger partial charge >= 0.3 is 5.97 Å². The largest absolute Gasteiger partial charge is 0.457 e. The minimum Gasteiger partial charge on any atom is -0.457 e. The summed E-state index contributed by atoms with van der Waals surface area (Å²) in [7, 11) is -0.476. The molecule has 0 aliphatic carbocycles. The average Bonchev–Trinajstić information content (AvgIpc) is 2.56. The molecule has 0 spiro atoms. The zero-order valence-electron chi connectivity index (χ0n) is 9.01. The van der Waals surface area contributed by atoms with E-state index in [0.717, 1.165) is 6.42 Å². The van der Waals surface area contributed by atoms with E-state index in [2.05, 4.69) is 19.1 Å². The van der Waals surface area contributed by atoms with Crippen LogP contribution in [0.3, 0.4) is 0 Å². The van der Waals surface area contributed by atoms with Crippen LogP contribution in [0.2, 0.25) is 0 Å². The molecule has 0 unspecified atom stereocenters. The van der Waals surface area contributed by atoms with Crippen molar-refractivity contribution < 1.29 is 9.53 Å². The fourth-order valence-corrected chi connectivity index (χ4v) is 4.62. The lowest BCUT2D eigenvalue weighted by Gasteiger charge is -2.18. The fourth-order valence-electron chi connectivity index (χ4n) is 1.92. The van der Waals surface area contributed by atoms with Gasteiger partial charge in [-0.05, 0) is 26.6 Å². The molecule has 15 heavy (non-hydrogen) atoms. The van der Waals surface area contributed by atoms with Gasteiger partial charge < -0.3 is 4.74 Å². The van der Waals surface area contributed by atoms with Crippen LogP contribution in [0.25, 0.3) is 0 Å². The van der Waals surface area contributed by atoms with Gasteiger partial charge in [0.15, 0.2) is 0 Å². The van der Waals surface area contributed by atoms with Crippen molar-refractivity contribution in [3.8, 4) is 0 Å². The third kappa shape index (κ3) is 1.91. The lowest BCUT2D eigenvalue weighted by atomic mass is 10.4. The Kier molecular flexibility index (Phi) is 3.06. The van der Waals surface area contributed by atoms with Gasteiger partial charge in [0, 0.05) is 0 Å². The highest BCUT2D eigenvalue weighted by Gasteiger charge is 2.41. The molecule has 2 nitrogen and oxygen atoms in total. The lowest BCUT2D eigenvalue weighted by molar-refractivity contribution is -0.142. The van der Waals surface area contributed by atoms with Crippen LogP contribution in [0.4, 0.5) is 0 Å². The molecule has 2 rings (SSSR count). The highest BCUT2D eigenvalue weighted by atomic mass is 31.1. The Morgan fingerprint density at radius 1 is 1.33 bits per heavy atom. The third-order valence-corrected chi connectivity index (χ3v) is 5.76. The highest BCUT2D eigenvalue weighted by molar-refractivity contribution is 7.68. The van der Waals surface area contributed by atoms with E-state index in [-0.39, 0.29) is 17.5 Å². The van der Waals surface area contributed by atoms with E-state index in [4.69, 9.17) is 4.74 Å². The van der Waals surface area contributed by atoms with Gasteiger partial charge in [-0.15, -0.1) is 0 Å². The molecule has 3 atom stereocenters. The number of benzene rings is 1. The number of rotatable bonds is 2. The van der Waals surface area contributed by atoms with Crippen LogP contribution in [0.15, 0.2) is 30.3 Å². The number of carbonyl (C=O) groups is 1. The molecule has 1 aliphatic heterocycles. The lowest BCUT2D eigenvalue weighted by Crippen LogP contribution is -2.13. The summed E-state index contributed by atoms with van der Waals surface area (Å²) in [5.41, 5.74) is 0.0485. The predicted molar refractivity (Wildman–Crippen MR) is 62.6 cm³/mol. The van der Waals surface area contributed by atoms with Gasteiger partial charge in [0.2, 0.25) is 0 Å². The smallest absolute Gasteiger partial charge is 0.314 e. The summed E-state index contributed by atoms with van der Waals surface area (Å²) in [6, 6.07) is 10.3. The number of ether oxygens (including phenoxy) is 1. The van der Waals surface area contributed by atoms with Gasteiger partial charge in [0.25, 0.3) is 0 Å². The van der Waals surface area contributed by atoms with Crippen molar-refractivity contribution in [2.24, 2.45) is 0 Å². The van der Waals surface area contributed by atoms with Crippen molar-refractivity contribution >= 4 is 19.2 Å². The maximum absolute atomic E-state index is 11.5. The Morgan fingerprint density at radius 3 is 2.60 bits per heavy atom. The summed E-state index contributed by atoms with van der Waals surface area (Å²) >= 11 is 0. The zero-order chi connectivity index (χ0) is 10.8. The van der Waals surface area contributed by atoms with Crippen molar-refractivity contribution in [1.29, 1.82) is 0 Å². The first-order valence-corrected chi connectivity index (χ1v) is 6.76. The van der Waals surface area contributed by atoms with E-state index in [0.29, 0.717) is 0 Å². The second-order valence-corrected chi connectivity index (χ2v) is 6.40. The molecule has 1 aliphatic rings. The first kappa shape index (κ1) is 10.6. The monoisotopic (exact) mass is 222 g/mol. The van der Waals surface area contributed by atoms with Crippen LogP contribution in [0.5, 0.6) is 0 Å². The van der Waals surface area contributed by atoms with E-state index in [9.17, 15) is 4.79 Å². The third-order valence-electron chi connectivity index (χ3n) is 2.72. The quantitative estimate of drug-likeness (QED) is 0.567. The molecule has 0 N–H and O–H groups in total. The van der Waals surface area contributed by atoms with Crippen LogP contribution < -0.4 is 5.30 Å². The SMILES string of the molecule is CC[C@@H]1OC(=O)[C@@H](C)[P@]1c1ccccc1. The van der Waals surface area contributed by atoms with Gasteiger partial charge in [-0.1, -0.05) is 37.3 Å². The molecular weight excluding hydrogens is 207 g/mol. The van der Waals surface area contributed by atoms with Gasteiger partial charge in [0.05, 0.1) is 5.66 Å². The summed E-state index contributed by atoms with van der Waals surface area (Å²) in [5.74, 6) is 0.0849. The van der Waals surface area contributed by atoms with Gasteiger partial charge in [-0.25, -0.2) is 0 Å². The maximum atomic E-state index is 11.5. The predicted octanol–water partition coefficient (Wildman–Crippen LogP) is 2.48. The molecule has 1 heterocycles. The second kappa shape index (κ2) is 4.32. The molecule has 0 saturated carbocycles. The van der Waals surface area contributed by atoms with Crippen molar-refractivity contribution in [1.82, 2.24) is 0 Å². The average molecular weight is 222 g/mol. The van der Waals surface area contributed by atoms with Gasteiger partial charge in [-0.3, -0.25) is 4.79 Å². The Labute approximate surface area is 91.4 Å². The normalized spacial score (nSPS) is 30.3. The molecule has 0 radical (unpaired) electrons. The van der Waals surface area contributed by atoms with Crippen LogP contribution in [-0.2, 0) is 9.53 Å². The van der Waals surface area contributed by atoms with Gasteiger partial charge in [0.1, 0.15) is 5.85 Å². The number of carbonyl (C=O) groups excluding carboxylic acids is 1. The number of cyclic esters (lactones) is 1. The molecule has 1 saturated heterocycles. The number of esters is 1. The van der Waals surface area contributed by atoms with E-state index in [1.165, 1.54) is 5.30 Å². The number of hydrogen-bond donors (Lipinski definition) is 0. The van der Waals surface area contributed by atoms with Crippen LogP contribution in [0.1, 0.15) is 20.3 Å². The summed E-state index contributed by atoms with van der Waals surface area (Å²) in [5, 5.41) is 1.28. The van der Waals surface area contributed by atoms with Crippen molar-refractivity contribution in [3.05, 3.63) is 30.3 Å². The van der Waals surface area contributed by atoms with Gasteiger partial charge in [-0.2, -0.15) is 0 Å². The van der Waals surface area contributed by atoms with E-state index >= 15 is 0 Å². The molecule has 80 valence electrons. The molecule has 1 aromatic carbocycles. The van der Waals surface area contributed by atoms with Crippen LogP contribution >= 0.6 is 7.92 Å². The standard InChI is InChI=1S/C12H15O2P/c1-3-11-14-12(13)9(2)15(11)10-7-5-4-6-8-10/h4-9,11H,3H2,1-2H3/t9-,11-,15-/m1/s1. The maximum Gasteiger partial charge on any atom is 0.314 e. The van der Waals surface area contributed by atoms with Crippen LogP contribution in [-0.4, -0.2) is 17.5 Å². The Morgan fingerprint density at radius 2 is 2.00 bits per heavy atom. The summed E-state index contributed by atoms with van der Waals surface area (Å²) in [4.78, 5) is 11.5. The van der Waals surface area contributed by atoms with E-state index in [1.807, 2.05) is 25.1 Å². The molecule has 0 aromatic heterocycles. The molecule has 1 fully saturated rings. The zero-order valence-corrected chi connectivity index (χ0v) is 9.91. The van der Waals surface area contributed by atoms with Crippen molar-refractivity contribution in [3.63, 3.8) is 0 Å². The van der Waals surface area contributed by atoms with E-state index < -0.39 is 7.92 Å². The summed E-state index contributed by atoms with van der Waals surface area (Å²) < 4.78 is 5.38. The second-order valence-electron chi connectivity index (χ2n) is 3.72. The van der Waals surface area contributed by atoms with E-state index in [1.54, 1.807) is 0 Å². The van der Waals surface area contributed by atoms with Crippen LogP contribution in [0, 0.1) is 0 Å². The number of hydrogen-bond acceptors (Lipinski definition) is 2. The Hall–Kier alpha value is -0.880. The summed E-state index contributed by atoms with van der Waals surface area (Å²) in [6.07, 6.45) is 0.913. The van der Waals surface area contributed by atoms with Crippen molar-refractivity contribution in [2.45, 2.75) is 31.8 Å². The Balaban J connectivity index is 2.30. The molecule has 0 bridgehead atoms. The molecule has 3 heteroatoms. The minimum absolute atomic E-state index is 0.0307. The first-order chi connectivity index (χ1) is 7.24. The van der Waals surface area contributed by atoms with Crippen molar-refractivity contribution in [2.75, 3.05) is 0 Å². The first-order valence-electron chi connectivity index (χ1n) is 5.28. The fraction of sp³-hybridized carbons (Fsp3) is 0.417. The topological polar surface area (TPSA) is 26.3 Å². The highest BCUT2D eigenvalue weighted by Crippen LogP contribution is 2.52. The minimum atomic E-state index is -0.476.